The Balaban J connectivity index is 2.19. The fourth-order valence-corrected chi connectivity index (χ4v) is 3.03. The highest BCUT2D eigenvalue weighted by Crippen LogP contribution is 2.31. The molecule has 0 amide bonds. The van der Waals surface area contributed by atoms with E-state index in [0.717, 1.165) is 36.9 Å². The van der Waals surface area contributed by atoms with Crippen LogP contribution in [0.25, 0.3) is 10.9 Å². The van der Waals surface area contributed by atoms with Crippen molar-refractivity contribution in [3.8, 4) is 6.07 Å². The summed E-state index contributed by atoms with van der Waals surface area (Å²) in [5, 5.41) is 10.6. The lowest BCUT2D eigenvalue weighted by Gasteiger charge is -2.17. The van der Waals surface area contributed by atoms with Crippen molar-refractivity contribution in [2.75, 3.05) is 12.0 Å². The third kappa shape index (κ3) is 1.98. The van der Waals surface area contributed by atoms with Crippen LogP contribution in [0.3, 0.4) is 0 Å². The van der Waals surface area contributed by atoms with Crippen molar-refractivity contribution >= 4 is 10.9 Å². The van der Waals surface area contributed by atoms with Crippen molar-refractivity contribution in [3.63, 3.8) is 0 Å². The number of hydrogen-bond donors (Lipinski definition) is 1. The van der Waals surface area contributed by atoms with Gasteiger partial charge in [0.05, 0.1) is 11.1 Å². The maximum atomic E-state index is 9.38. The lowest BCUT2D eigenvalue weighted by molar-refractivity contribution is 0.690. The maximum Gasteiger partial charge on any atom is 0.101 e. The van der Waals surface area contributed by atoms with E-state index in [2.05, 4.69) is 30.6 Å². The molecule has 2 aromatic rings. The molecule has 0 fully saturated rings. The fourth-order valence-electron chi connectivity index (χ4n) is 3.03. The number of rotatable bonds is 3. The first kappa shape index (κ1) is 12.1. The van der Waals surface area contributed by atoms with Crippen molar-refractivity contribution in [3.05, 3.63) is 35.0 Å². The second-order valence-corrected chi connectivity index (χ2v) is 5.24. The van der Waals surface area contributed by atoms with Crippen LogP contribution in [0.4, 0.5) is 0 Å². The molecule has 1 N–H and O–H groups in total. The monoisotopic (exact) mass is 253 g/mol. The van der Waals surface area contributed by atoms with Gasteiger partial charge in [0.15, 0.2) is 0 Å². The lowest BCUT2D eigenvalue weighted by atomic mass is 9.88. The molecule has 3 nitrogen and oxygen atoms in total. The Morgan fingerprint density at radius 1 is 1.32 bits per heavy atom. The van der Waals surface area contributed by atoms with Crippen molar-refractivity contribution in [2.45, 2.75) is 39.0 Å². The van der Waals surface area contributed by atoms with Gasteiger partial charge in [-0.2, -0.15) is 5.26 Å². The molecule has 1 aromatic carbocycles. The number of aromatic nitrogens is 1. The summed E-state index contributed by atoms with van der Waals surface area (Å²) in [6.07, 6.45) is 7.80. The van der Waals surface area contributed by atoms with E-state index >= 15 is 0 Å². The first-order valence-corrected chi connectivity index (χ1v) is 7.15. The zero-order valence-corrected chi connectivity index (χ0v) is 11.4. The standard InChI is InChI=1S/C16H19N3/c1-2-9-18-19-11-13(10-17)16-14-6-4-3-5-12(14)7-8-15(16)19/h7-8,11,18H,2-6,9H2,1H3. The average molecular weight is 253 g/mol. The predicted molar refractivity (Wildman–Crippen MR) is 77.8 cm³/mol. The van der Waals surface area contributed by atoms with Crippen LogP contribution in [-0.2, 0) is 12.8 Å². The van der Waals surface area contributed by atoms with Gasteiger partial charge in [0.25, 0.3) is 0 Å². The van der Waals surface area contributed by atoms with E-state index in [1.165, 1.54) is 29.4 Å². The van der Waals surface area contributed by atoms with E-state index < -0.39 is 0 Å². The molecular formula is C16H19N3. The van der Waals surface area contributed by atoms with E-state index in [1.807, 2.05) is 10.9 Å². The number of benzene rings is 1. The van der Waals surface area contributed by atoms with Crippen molar-refractivity contribution in [2.24, 2.45) is 0 Å². The van der Waals surface area contributed by atoms with E-state index in [1.54, 1.807) is 0 Å². The molecule has 0 atom stereocenters. The molecule has 19 heavy (non-hydrogen) atoms. The van der Waals surface area contributed by atoms with Crippen molar-refractivity contribution < 1.29 is 0 Å². The lowest BCUT2D eigenvalue weighted by Crippen LogP contribution is -2.14. The van der Waals surface area contributed by atoms with E-state index in [4.69, 9.17) is 0 Å². The summed E-state index contributed by atoms with van der Waals surface area (Å²) in [6, 6.07) is 6.75. The Labute approximate surface area is 113 Å². The number of aryl methyl sites for hydroxylation is 2. The van der Waals surface area contributed by atoms with Crippen LogP contribution in [0, 0.1) is 11.3 Å². The van der Waals surface area contributed by atoms with Crippen LogP contribution in [0.15, 0.2) is 18.3 Å². The van der Waals surface area contributed by atoms with Gasteiger partial charge in [0.2, 0.25) is 0 Å². The Hall–Kier alpha value is -1.95. The van der Waals surface area contributed by atoms with E-state index in [9.17, 15) is 5.26 Å². The smallest absolute Gasteiger partial charge is 0.101 e. The maximum absolute atomic E-state index is 9.38. The van der Waals surface area contributed by atoms with Crippen LogP contribution >= 0.6 is 0 Å². The van der Waals surface area contributed by atoms with Crippen LogP contribution < -0.4 is 5.43 Å². The summed E-state index contributed by atoms with van der Waals surface area (Å²) in [6.45, 7) is 3.07. The molecule has 1 aliphatic rings. The summed E-state index contributed by atoms with van der Waals surface area (Å²) in [4.78, 5) is 0. The van der Waals surface area contributed by atoms with E-state index in [0.29, 0.717) is 0 Å². The molecule has 1 aliphatic carbocycles. The normalized spacial score (nSPS) is 14.1. The third-order valence-corrected chi connectivity index (χ3v) is 3.95. The Morgan fingerprint density at radius 3 is 2.95 bits per heavy atom. The van der Waals surface area contributed by atoms with Gasteiger partial charge in [-0.1, -0.05) is 13.0 Å². The molecule has 1 heterocycles. The van der Waals surface area contributed by atoms with Gasteiger partial charge in [-0.3, -0.25) is 4.68 Å². The van der Waals surface area contributed by atoms with Crippen LogP contribution in [0.1, 0.15) is 42.9 Å². The summed E-state index contributed by atoms with van der Waals surface area (Å²) in [5.41, 5.74) is 8.15. The van der Waals surface area contributed by atoms with Gasteiger partial charge in [0.1, 0.15) is 6.07 Å². The van der Waals surface area contributed by atoms with Gasteiger partial charge >= 0.3 is 0 Å². The van der Waals surface area contributed by atoms with Gasteiger partial charge in [-0.15, -0.1) is 0 Å². The molecule has 98 valence electrons. The molecule has 0 saturated carbocycles. The molecule has 0 saturated heterocycles. The zero-order chi connectivity index (χ0) is 13.2. The van der Waals surface area contributed by atoms with E-state index in [-0.39, 0.29) is 0 Å². The molecule has 0 unspecified atom stereocenters. The minimum absolute atomic E-state index is 0.803. The van der Waals surface area contributed by atoms with Crippen molar-refractivity contribution in [1.29, 1.82) is 5.26 Å². The number of nitriles is 1. The number of hydrogen-bond acceptors (Lipinski definition) is 2. The SMILES string of the molecule is CCCNn1cc(C#N)c2c3c(ccc21)CCCC3. The molecular weight excluding hydrogens is 234 g/mol. The highest BCUT2D eigenvalue weighted by molar-refractivity contribution is 5.91. The van der Waals surface area contributed by atoms with Crippen LogP contribution in [0.5, 0.6) is 0 Å². The third-order valence-electron chi connectivity index (χ3n) is 3.95. The molecule has 0 aliphatic heterocycles. The summed E-state index contributed by atoms with van der Waals surface area (Å²) >= 11 is 0. The minimum Gasteiger partial charge on any atom is -0.326 e. The second kappa shape index (κ2) is 4.97. The number of nitrogens with zero attached hydrogens (tertiary/aromatic N) is 2. The fraction of sp³-hybridized carbons (Fsp3) is 0.438. The molecule has 3 heteroatoms. The largest absolute Gasteiger partial charge is 0.326 e. The first-order chi connectivity index (χ1) is 9.35. The Kier molecular flexibility index (Phi) is 3.16. The summed E-state index contributed by atoms with van der Waals surface area (Å²) in [7, 11) is 0. The van der Waals surface area contributed by atoms with Crippen LogP contribution in [-0.4, -0.2) is 11.2 Å². The van der Waals surface area contributed by atoms with Crippen molar-refractivity contribution in [1.82, 2.24) is 4.68 Å². The topological polar surface area (TPSA) is 40.8 Å². The molecule has 1 aromatic heterocycles. The molecule has 0 spiro atoms. The predicted octanol–water partition coefficient (Wildman–Crippen LogP) is 3.35. The van der Waals surface area contributed by atoms with Gasteiger partial charge < -0.3 is 5.43 Å². The average Bonchev–Trinajstić information content (AvgIpc) is 2.83. The number of fused-ring (bicyclic) bond motifs is 3. The molecule has 0 radical (unpaired) electrons. The minimum atomic E-state index is 0.803. The first-order valence-electron chi connectivity index (χ1n) is 7.15. The Morgan fingerprint density at radius 2 is 2.16 bits per heavy atom. The van der Waals surface area contributed by atoms with Gasteiger partial charge in [-0.25, -0.2) is 0 Å². The van der Waals surface area contributed by atoms with Crippen LogP contribution in [0.2, 0.25) is 0 Å². The zero-order valence-electron chi connectivity index (χ0n) is 11.4. The second-order valence-electron chi connectivity index (χ2n) is 5.24. The van der Waals surface area contributed by atoms with Gasteiger partial charge in [-0.05, 0) is 49.3 Å². The summed E-state index contributed by atoms with van der Waals surface area (Å²) in [5.74, 6) is 0. The molecule has 0 bridgehead atoms. The highest BCUT2D eigenvalue weighted by Gasteiger charge is 2.17. The summed E-state index contributed by atoms with van der Waals surface area (Å²) < 4.78 is 2.02. The molecule has 3 rings (SSSR count). The Bertz CT molecular complexity index is 646. The number of nitrogens with one attached hydrogen (secondary N) is 1. The highest BCUT2D eigenvalue weighted by atomic mass is 15.4. The quantitative estimate of drug-likeness (QED) is 0.911. The van der Waals surface area contributed by atoms with Gasteiger partial charge in [0, 0.05) is 18.1 Å².